The number of hydrogen-bond donors (Lipinski definition) is 1. The average molecular weight is 229 g/mol. The molecule has 0 amide bonds. The molecule has 4 nitrogen and oxygen atoms in total. The van der Waals surface area contributed by atoms with Gasteiger partial charge in [0.15, 0.2) is 4.77 Å². The first-order chi connectivity index (χ1) is 7.06. The molecule has 5 heteroatoms. The molecule has 0 aliphatic heterocycles. The molecule has 1 heterocycles. The monoisotopic (exact) mass is 229 g/mol. The van der Waals surface area contributed by atoms with E-state index in [4.69, 9.17) is 17.0 Å². The fourth-order valence-corrected chi connectivity index (χ4v) is 2.03. The molecule has 1 unspecified atom stereocenters. The summed E-state index contributed by atoms with van der Waals surface area (Å²) in [6.07, 6.45) is 0.888. The average Bonchev–Trinajstić information content (AvgIpc) is 2.47. The van der Waals surface area contributed by atoms with E-state index in [2.05, 4.69) is 35.5 Å². The Hall–Kier alpha value is -0.680. The van der Waals surface area contributed by atoms with E-state index in [0.717, 1.165) is 18.9 Å². The zero-order valence-electron chi connectivity index (χ0n) is 9.78. The predicted octanol–water partition coefficient (Wildman–Crippen LogP) is 2.35. The van der Waals surface area contributed by atoms with Crippen molar-refractivity contribution in [3.05, 3.63) is 10.6 Å². The van der Waals surface area contributed by atoms with Gasteiger partial charge < -0.3 is 9.30 Å². The highest BCUT2D eigenvalue weighted by Crippen LogP contribution is 2.12. The predicted molar refractivity (Wildman–Crippen MR) is 62.5 cm³/mol. The quantitative estimate of drug-likeness (QED) is 0.788. The lowest BCUT2D eigenvalue weighted by molar-refractivity contribution is 0.158. The Balaban J connectivity index is 2.81. The van der Waals surface area contributed by atoms with Crippen LogP contribution in [0, 0.1) is 10.7 Å². The third-order valence-corrected chi connectivity index (χ3v) is 2.56. The van der Waals surface area contributed by atoms with Gasteiger partial charge in [0.25, 0.3) is 0 Å². The van der Waals surface area contributed by atoms with Crippen molar-refractivity contribution in [2.45, 2.75) is 33.2 Å². The standard InChI is InChI=1S/C10H19N3OS/c1-7(2)13-9(11-12-10(13)15)5-8(3)6-14-4/h7-8H,5-6H2,1-4H3,(H,12,15). The number of methoxy groups -OCH3 is 1. The summed E-state index contributed by atoms with van der Waals surface area (Å²) >= 11 is 5.18. The Labute approximate surface area is 95.7 Å². The number of hydrogen-bond acceptors (Lipinski definition) is 3. The van der Waals surface area contributed by atoms with Crippen molar-refractivity contribution in [1.82, 2.24) is 14.8 Å². The fourth-order valence-electron chi connectivity index (χ4n) is 1.67. The van der Waals surface area contributed by atoms with Gasteiger partial charge in [0.1, 0.15) is 5.82 Å². The lowest BCUT2D eigenvalue weighted by atomic mass is 10.1. The van der Waals surface area contributed by atoms with Gasteiger partial charge in [0.2, 0.25) is 0 Å². The number of rotatable bonds is 5. The molecule has 1 aromatic heterocycles. The summed E-state index contributed by atoms with van der Waals surface area (Å²) in [6, 6.07) is 0.348. The Morgan fingerprint density at radius 1 is 1.47 bits per heavy atom. The molecule has 15 heavy (non-hydrogen) atoms. The molecular formula is C10H19N3OS. The van der Waals surface area contributed by atoms with E-state index < -0.39 is 0 Å². The summed E-state index contributed by atoms with van der Waals surface area (Å²) in [6.45, 7) is 7.11. The van der Waals surface area contributed by atoms with E-state index in [-0.39, 0.29) is 0 Å². The second kappa shape index (κ2) is 5.42. The van der Waals surface area contributed by atoms with Gasteiger partial charge in [-0.2, -0.15) is 5.10 Å². The molecule has 0 spiro atoms. The van der Waals surface area contributed by atoms with Crippen molar-refractivity contribution in [3.8, 4) is 0 Å². The van der Waals surface area contributed by atoms with Gasteiger partial charge in [0, 0.05) is 26.2 Å². The van der Waals surface area contributed by atoms with E-state index in [1.807, 2.05) is 0 Å². The third kappa shape index (κ3) is 3.14. The molecule has 0 saturated carbocycles. The van der Waals surface area contributed by atoms with E-state index in [1.165, 1.54) is 0 Å². The Bertz CT molecular complexity index is 356. The summed E-state index contributed by atoms with van der Waals surface area (Å²) in [5, 5.41) is 7.09. The molecule has 86 valence electrons. The maximum Gasteiger partial charge on any atom is 0.195 e. The number of nitrogens with one attached hydrogen (secondary N) is 1. The summed E-state index contributed by atoms with van der Waals surface area (Å²) in [7, 11) is 1.72. The van der Waals surface area contributed by atoms with Crippen LogP contribution in [0.15, 0.2) is 0 Å². The largest absolute Gasteiger partial charge is 0.384 e. The second-order valence-corrected chi connectivity index (χ2v) is 4.56. The summed E-state index contributed by atoms with van der Waals surface area (Å²) in [5.41, 5.74) is 0. The van der Waals surface area contributed by atoms with Crippen molar-refractivity contribution >= 4 is 12.2 Å². The molecule has 1 aromatic rings. The molecule has 0 radical (unpaired) electrons. The summed E-state index contributed by atoms with van der Waals surface area (Å²) in [4.78, 5) is 0. The van der Waals surface area contributed by atoms with Crippen LogP contribution < -0.4 is 0 Å². The van der Waals surface area contributed by atoms with E-state index >= 15 is 0 Å². The van der Waals surface area contributed by atoms with Crippen LogP contribution in [-0.2, 0) is 11.2 Å². The number of nitrogens with zero attached hydrogens (tertiary/aromatic N) is 2. The van der Waals surface area contributed by atoms with Gasteiger partial charge in [-0.1, -0.05) is 6.92 Å². The molecular weight excluding hydrogens is 210 g/mol. The highest BCUT2D eigenvalue weighted by Gasteiger charge is 2.12. The number of H-pyrrole nitrogens is 1. The van der Waals surface area contributed by atoms with Gasteiger partial charge in [0.05, 0.1) is 0 Å². The van der Waals surface area contributed by atoms with Gasteiger partial charge in [-0.3, -0.25) is 5.10 Å². The first-order valence-corrected chi connectivity index (χ1v) is 5.61. The molecule has 0 aliphatic rings. The van der Waals surface area contributed by atoms with E-state index in [1.54, 1.807) is 7.11 Å². The fraction of sp³-hybridized carbons (Fsp3) is 0.800. The smallest absolute Gasteiger partial charge is 0.195 e. The lowest BCUT2D eigenvalue weighted by Gasteiger charge is -2.13. The second-order valence-electron chi connectivity index (χ2n) is 4.17. The Kier molecular flexibility index (Phi) is 4.47. The number of aromatic amines is 1. The van der Waals surface area contributed by atoms with Crippen molar-refractivity contribution < 1.29 is 4.74 Å². The van der Waals surface area contributed by atoms with Crippen LogP contribution in [0.1, 0.15) is 32.6 Å². The van der Waals surface area contributed by atoms with E-state index in [9.17, 15) is 0 Å². The minimum atomic E-state index is 0.348. The normalized spacial score (nSPS) is 13.4. The third-order valence-electron chi connectivity index (χ3n) is 2.28. The zero-order chi connectivity index (χ0) is 11.4. The molecule has 0 bridgehead atoms. The van der Waals surface area contributed by atoms with Gasteiger partial charge >= 0.3 is 0 Å². The SMILES string of the molecule is COCC(C)Cc1n[nH]c(=S)n1C(C)C. The minimum absolute atomic E-state index is 0.348. The van der Waals surface area contributed by atoms with Crippen molar-refractivity contribution in [3.63, 3.8) is 0 Å². The number of aromatic nitrogens is 3. The Morgan fingerprint density at radius 2 is 2.13 bits per heavy atom. The molecule has 0 aliphatic carbocycles. The van der Waals surface area contributed by atoms with Crippen LogP contribution in [0.5, 0.6) is 0 Å². The lowest BCUT2D eigenvalue weighted by Crippen LogP contribution is -2.13. The van der Waals surface area contributed by atoms with Crippen molar-refractivity contribution in [2.75, 3.05) is 13.7 Å². The Morgan fingerprint density at radius 3 is 2.67 bits per heavy atom. The van der Waals surface area contributed by atoms with Crippen LogP contribution in [-0.4, -0.2) is 28.5 Å². The van der Waals surface area contributed by atoms with Crippen LogP contribution >= 0.6 is 12.2 Å². The van der Waals surface area contributed by atoms with Crippen LogP contribution in [0.3, 0.4) is 0 Å². The van der Waals surface area contributed by atoms with Crippen molar-refractivity contribution in [1.29, 1.82) is 0 Å². The topological polar surface area (TPSA) is 42.8 Å². The van der Waals surface area contributed by atoms with Gasteiger partial charge in [-0.05, 0) is 32.0 Å². The maximum absolute atomic E-state index is 5.18. The molecule has 0 fully saturated rings. The highest BCUT2D eigenvalue weighted by molar-refractivity contribution is 7.71. The molecule has 1 rings (SSSR count). The van der Waals surface area contributed by atoms with Crippen LogP contribution in [0.4, 0.5) is 0 Å². The maximum atomic E-state index is 5.18. The van der Waals surface area contributed by atoms with Gasteiger partial charge in [-0.25, -0.2) is 0 Å². The molecule has 1 N–H and O–H groups in total. The highest BCUT2D eigenvalue weighted by atomic mass is 32.1. The van der Waals surface area contributed by atoms with Crippen LogP contribution in [0.25, 0.3) is 0 Å². The summed E-state index contributed by atoms with van der Waals surface area (Å²) < 4.78 is 7.87. The minimum Gasteiger partial charge on any atom is -0.384 e. The molecule has 0 aromatic carbocycles. The molecule has 1 atom stereocenters. The first-order valence-electron chi connectivity index (χ1n) is 5.21. The zero-order valence-corrected chi connectivity index (χ0v) is 10.6. The summed E-state index contributed by atoms with van der Waals surface area (Å²) in [5.74, 6) is 1.47. The van der Waals surface area contributed by atoms with E-state index in [0.29, 0.717) is 16.7 Å². The van der Waals surface area contributed by atoms with Crippen molar-refractivity contribution in [2.24, 2.45) is 5.92 Å². The van der Waals surface area contributed by atoms with Gasteiger partial charge in [-0.15, -0.1) is 0 Å². The first kappa shape index (κ1) is 12.4. The molecule has 0 saturated heterocycles. The van der Waals surface area contributed by atoms with Crippen LogP contribution in [0.2, 0.25) is 0 Å². The number of ether oxygens (including phenoxy) is 1.